The van der Waals surface area contributed by atoms with Gasteiger partial charge in [-0.05, 0) is 48.8 Å². The van der Waals surface area contributed by atoms with Crippen molar-refractivity contribution in [2.45, 2.75) is 27.3 Å². The third-order valence-electron chi connectivity index (χ3n) is 4.66. The molecular weight excluding hydrogens is 413 g/mol. The van der Waals surface area contributed by atoms with Crippen LogP contribution >= 0.6 is 15.9 Å². The van der Waals surface area contributed by atoms with Gasteiger partial charge in [0.25, 0.3) is 5.56 Å². The Hall–Kier alpha value is -2.67. The number of imidazole rings is 1. The number of nitrogens with zero attached hydrogens (tertiary/aromatic N) is 3. The number of aryl methyl sites for hydroxylation is 2. The van der Waals surface area contributed by atoms with Crippen LogP contribution in [0.3, 0.4) is 0 Å². The average Bonchev–Trinajstić information content (AvgIpc) is 3.21. The summed E-state index contributed by atoms with van der Waals surface area (Å²) in [5.74, 6) is 1.67. The third kappa shape index (κ3) is 2.92. The van der Waals surface area contributed by atoms with E-state index in [0.717, 1.165) is 17.1 Å². The van der Waals surface area contributed by atoms with Crippen LogP contribution < -0.4 is 5.56 Å². The maximum atomic E-state index is 14.2. The number of hydrogen-bond donors (Lipinski definition) is 0. The summed E-state index contributed by atoms with van der Waals surface area (Å²) in [4.78, 5) is 17.4. The highest BCUT2D eigenvalue weighted by Gasteiger charge is 2.18. The summed E-state index contributed by atoms with van der Waals surface area (Å²) in [5, 5.41) is 0. The molecule has 27 heavy (non-hydrogen) atoms. The Labute approximate surface area is 163 Å². The molecule has 0 N–H and O–H groups in total. The van der Waals surface area contributed by atoms with Gasteiger partial charge in [-0.3, -0.25) is 9.20 Å². The van der Waals surface area contributed by atoms with E-state index in [4.69, 9.17) is 4.42 Å². The largest absolute Gasteiger partial charge is 0.466 e. The Kier molecular flexibility index (Phi) is 4.26. The summed E-state index contributed by atoms with van der Waals surface area (Å²) in [6, 6.07) is 8.49. The summed E-state index contributed by atoms with van der Waals surface area (Å²) in [5.41, 5.74) is 2.48. The summed E-state index contributed by atoms with van der Waals surface area (Å²) in [7, 11) is 0. The standard InChI is InChI=1S/C20H17BrFN3O2/c1-11-8-15(13(3)27-11)17-10-25-19(26)18(21)12(2)24(20(25)23-17)9-14-6-4-5-7-16(14)22/h4-8,10H,9H2,1-3H3. The van der Waals surface area contributed by atoms with Gasteiger partial charge in [0.1, 0.15) is 21.8 Å². The molecule has 0 spiro atoms. The van der Waals surface area contributed by atoms with Crippen LogP contribution in [0.15, 0.2) is 50.2 Å². The van der Waals surface area contributed by atoms with Crippen LogP contribution in [0.1, 0.15) is 22.8 Å². The first-order chi connectivity index (χ1) is 12.9. The van der Waals surface area contributed by atoms with Crippen molar-refractivity contribution in [1.82, 2.24) is 14.0 Å². The third-order valence-corrected chi connectivity index (χ3v) is 5.57. The number of fused-ring (bicyclic) bond motifs is 1. The lowest BCUT2D eigenvalue weighted by Crippen LogP contribution is -2.21. The van der Waals surface area contributed by atoms with Crippen LogP contribution in [0, 0.1) is 26.6 Å². The maximum Gasteiger partial charge on any atom is 0.273 e. The topological polar surface area (TPSA) is 52.4 Å². The van der Waals surface area contributed by atoms with Gasteiger partial charge in [-0.1, -0.05) is 18.2 Å². The van der Waals surface area contributed by atoms with Crippen LogP contribution in [0.2, 0.25) is 0 Å². The van der Waals surface area contributed by atoms with Crippen molar-refractivity contribution >= 4 is 21.7 Å². The second kappa shape index (κ2) is 6.49. The number of halogens is 2. The van der Waals surface area contributed by atoms with Gasteiger partial charge in [0.15, 0.2) is 0 Å². The number of furan rings is 1. The maximum absolute atomic E-state index is 14.2. The van der Waals surface area contributed by atoms with E-state index >= 15 is 0 Å². The molecular formula is C20H17BrFN3O2. The van der Waals surface area contributed by atoms with Gasteiger partial charge >= 0.3 is 0 Å². The molecule has 4 aromatic rings. The molecule has 0 aliphatic rings. The fourth-order valence-electron chi connectivity index (χ4n) is 3.24. The second-order valence-corrected chi connectivity index (χ2v) is 7.30. The van der Waals surface area contributed by atoms with Crippen molar-refractivity contribution in [3.05, 3.63) is 80.0 Å². The lowest BCUT2D eigenvalue weighted by atomic mass is 10.2. The van der Waals surface area contributed by atoms with E-state index in [0.29, 0.717) is 27.2 Å². The zero-order valence-corrected chi connectivity index (χ0v) is 16.7. The molecule has 7 heteroatoms. The molecule has 0 radical (unpaired) electrons. The predicted octanol–water partition coefficient (Wildman–Crippen LogP) is 4.63. The van der Waals surface area contributed by atoms with Gasteiger partial charge in [-0.2, -0.15) is 0 Å². The van der Waals surface area contributed by atoms with E-state index in [1.165, 1.54) is 10.5 Å². The second-order valence-electron chi connectivity index (χ2n) is 6.51. The summed E-state index contributed by atoms with van der Waals surface area (Å²) in [6.07, 6.45) is 1.69. The van der Waals surface area contributed by atoms with Crippen LogP contribution in [-0.4, -0.2) is 14.0 Å². The van der Waals surface area contributed by atoms with Crippen molar-refractivity contribution in [3.63, 3.8) is 0 Å². The van der Waals surface area contributed by atoms with Crippen LogP contribution in [-0.2, 0) is 6.54 Å². The fourth-order valence-corrected chi connectivity index (χ4v) is 3.65. The Morgan fingerprint density at radius 2 is 1.96 bits per heavy atom. The smallest absolute Gasteiger partial charge is 0.273 e. The number of hydrogen-bond acceptors (Lipinski definition) is 3. The van der Waals surface area contributed by atoms with E-state index < -0.39 is 0 Å². The van der Waals surface area contributed by atoms with E-state index in [1.807, 2.05) is 31.4 Å². The van der Waals surface area contributed by atoms with E-state index in [-0.39, 0.29) is 17.9 Å². The van der Waals surface area contributed by atoms with Crippen molar-refractivity contribution in [2.24, 2.45) is 0 Å². The molecule has 3 aromatic heterocycles. The van der Waals surface area contributed by atoms with Crippen molar-refractivity contribution in [3.8, 4) is 11.3 Å². The minimum Gasteiger partial charge on any atom is -0.466 e. The van der Waals surface area contributed by atoms with E-state index in [1.54, 1.807) is 24.4 Å². The Morgan fingerprint density at radius 1 is 1.22 bits per heavy atom. The van der Waals surface area contributed by atoms with Gasteiger partial charge in [0, 0.05) is 23.0 Å². The Balaban J connectivity index is 1.97. The number of rotatable bonds is 3. The molecule has 0 atom stereocenters. The Morgan fingerprint density at radius 3 is 2.63 bits per heavy atom. The molecule has 5 nitrogen and oxygen atoms in total. The zero-order chi connectivity index (χ0) is 19.3. The number of benzene rings is 1. The SMILES string of the molecule is Cc1cc(-c2cn3c(=O)c(Br)c(C)n(Cc4ccccc4F)c3n2)c(C)o1. The predicted molar refractivity (Wildman–Crippen MR) is 105 cm³/mol. The summed E-state index contributed by atoms with van der Waals surface area (Å²) in [6.45, 7) is 5.80. The highest BCUT2D eigenvalue weighted by atomic mass is 79.9. The Bertz CT molecular complexity index is 1240. The minimum absolute atomic E-state index is 0.205. The first kappa shape index (κ1) is 17.7. The molecule has 4 rings (SSSR count). The first-order valence-electron chi connectivity index (χ1n) is 8.45. The monoisotopic (exact) mass is 429 g/mol. The quantitative estimate of drug-likeness (QED) is 0.476. The van der Waals surface area contributed by atoms with Gasteiger partial charge in [-0.15, -0.1) is 0 Å². The van der Waals surface area contributed by atoms with E-state index in [2.05, 4.69) is 20.9 Å². The van der Waals surface area contributed by atoms with Crippen molar-refractivity contribution in [2.75, 3.05) is 0 Å². The molecule has 0 amide bonds. The lowest BCUT2D eigenvalue weighted by Gasteiger charge is -2.14. The van der Waals surface area contributed by atoms with Crippen LogP contribution in [0.4, 0.5) is 4.39 Å². The molecule has 0 fully saturated rings. The molecule has 3 heterocycles. The summed E-state index contributed by atoms with van der Waals surface area (Å²) >= 11 is 3.37. The molecule has 0 unspecified atom stereocenters. The van der Waals surface area contributed by atoms with Gasteiger partial charge < -0.3 is 8.98 Å². The van der Waals surface area contributed by atoms with E-state index in [9.17, 15) is 9.18 Å². The lowest BCUT2D eigenvalue weighted by molar-refractivity contribution is 0.505. The fraction of sp³-hybridized carbons (Fsp3) is 0.200. The normalized spacial score (nSPS) is 11.4. The van der Waals surface area contributed by atoms with Crippen LogP contribution in [0.25, 0.3) is 17.0 Å². The molecule has 0 saturated heterocycles. The van der Waals surface area contributed by atoms with Crippen molar-refractivity contribution in [1.29, 1.82) is 0 Å². The molecule has 0 aliphatic heterocycles. The molecule has 138 valence electrons. The van der Waals surface area contributed by atoms with Gasteiger partial charge in [0.2, 0.25) is 5.78 Å². The molecule has 0 bridgehead atoms. The van der Waals surface area contributed by atoms with Gasteiger partial charge in [-0.25, -0.2) is 9.37 Å². The average molecular weight is 430 g/mol. The number of aromatic nitrogens is 3. The van der Waals surface area contributed by atoms with Crippen LogP contribution in [0.5, 0.6) is 0 Å². The molecule has 1 aromatic carbocycles. The highest BCUT2D eigenvalue weighted by Crippen LogP contribution is 2.27. The minimum atomic E-state index is -0.294. The zero-order valence-electron chi connectivity index (χ0n) is 15.1. The highest BCUT2D eigenvalue weighted by molar-refractivity contribution is 9.10. The first-order valence-corrected chi connectivity index (χ1v) is 9.25. The molecule has 0 aliphatic carbocycles. The van der Waals surface area contributed by atoms with Crippen molar-refractivity contribution < 1.29 is 8.81 Å². The van der Waals surface area contributed by atoms with Gasteiger partial charge in [0.05, 0.1) is 12.2 Å². The summed E-state index contributed by atoms with van der Waals surface area (Å²) < 4.78 is 23.5. The molecule has 0 saturated carbocycles.